The highest BCUT2D eigenvalue weighted by Gasteiger charge is 2.44. The molecule has 24 heavy (non-hydrogen) atoms. The Kier molecular flexibility index (Phi) is 4.41. The van der Waals surface area contributed by atoms with Gasteiger partial charge in [0.25, 0.3) is 5.91 Å². The first-order chi connectivity index (χ1) is 11.4. The summed E-state index contributed by atoms with van der Waals surface area (Å²) >= 11 is 0. The smallest absolute Gasteiger partial charge is 0.396 e. The van der Waals surface area contributed by atoms with E-state index in [2.05, 4.69) is 10.1 Å². The number of fused-ring (bicyclic) bond motifs is 1. The molecule has 7 nitrogen and oxygen atoms in total. The van der Waals surface area contributed by atoms with Gasteiger partial charge < -0.3 is 14.7 Å². The topological polar surface area (TPSA) is 80.0 Å². The van der Waals surface area contributed by atoms with E-state index in [-0.39, 0.29) is 31.0 Å². The summed E-state index contributed by atoms with van der Waals surface area (Å²) in [4.78, 5) is 17.8. The molecule has 0 bridgehead atoms. The van der Waals surface area contributed by atoms with Crippen LogP contribution < -0.4 is 0 Å². The number of carbonyl (C=O) groups is 1. The summed E-state index contributed by atoms with van der Waals surface area (Å²) in [5.74, 6) is -0.565. The Morgan fingerprint density at radius 3 is 2.92 bits per heavy atom. The van der Waals surface area contributed by atoms with Gasteiger partial charge in [-0.3, -0.25) is 4.79 Å². The van der Waals surface area contributed by atoms with Crippen LogP contribution in [0, 0.1) is 0 Å². The highest BCUT2D eigenvalue weighted by Crippen LogP contribution is 2.26. The second-order valence-electron chi connectivity index (χ2n) is 5.41. The molecule has 130 valence electrons. The van der Waals surface area contributed by atoms with E-state index >= 15 is 0 Å². The number of alkyl halides is 3. The standard InChI is InChI=1S/C14H15F3N4O3/c15-14(16,17)11-8-20(2-4-24-11)13(23)10-6-19-21-7-9(1-3-22)5-18-12(10)21/h5-7,11,22H,1-4,8H2/t11-/m1/s1. The normalized spacial score (nSPS) is 19.0. The van der Waals surface area contributed by atoms with Crippen molar-refractivity contribution in [1.29, 1.82) is 0 Å². The fourth-order valence-corrected chi connectivity index (χ4v) is 2.52. The van der Waals surface area contributed by atoms with Crippen LogP contribution in [0.25, 0.3) is 5.65 Å². The zero-order valence-electron chi connectivity index (χ0n) is 12.5. The summed E-state index contributed by atoms with van der Waals surface area (Å²) in [5, 5.41) is 12.9. The first-order valence-electron chi connectivity index (χ1n) is 7.31. The van der Waals surface area contributed by atoms with Crippen molar-refractivity contribution in [2.45, 2.75) is 18.7 Å². The van der Waals surface area contributed by atoms with Crippen molar-refractivity contribution >= 4 is 11.6 Å². The predicted molar refractivity (Wildman–Crippen MR) is 75.5 cm³/mol. The first-order valence-corrected chi connectivity index (χ1v) is 7.31. The number of hydrogen-bond acceptors (Lipinski definition) is 5. The highest BCUT2D eigenvalue weighted by atomic mass is 19.4. The van der Waals surface area contributed by atoms with Gasteiger partial charge >= 0.3 is 6.18 Å². The summed E-state index contributed by atoms with van der Waals surface area (Å²) in [6.07, 6.45) is -1.71. The van der Waals surface area contributed by atoms with Crippen molar-refractivity contribution < 1.29 is 27.8 Å². The van der Waals surface area contributed by atoms with Gasteiger partial charge in [0, 0.05) is 25.5 Å². The lowest BCUT2D eigenvalue weighted by atomic mass is 10.2. The van der Waals surface area contributed by atoms with Crippen molar-refractivity contribution in [1.82, 2.24) is 19.5 Å². The number of carbonyl (C=O) groups excluding carboxylic acids is 1. The van der Waals surface area contributed by atoms with E-state index in [0.29, 0.717) is 6.42 Å². The number of halogens is 3. The molecule has 3 heterocycles. The number of aliphatic hydroxyl groups is 1. The van der Waals surface area contributed by atoms with Gasteiger partial charge in [-0.2, -0.15) is 18.3 Å². The number of hydrogen-bond donors (Lipinski definition) is 1. The average molecular weight is 344 g/mol. The summed E-state index contributed by atoms with van der Waals surface area (Å²) < 4.78 is 44.4. The van der Waals surface area contributed by atoms with Gasteiger partial charge in [-0.25, -0.2) is 9.50 Å². The molecule has 1 N–H and O–H groups in total. The van der Waals surface area contributed by atoms with Crippen LogP contribution in [0.4, 0.5) is 13.2 Å². The number of rotatable bonds is 3. The molecular formula is C14H15F3N4O3. The molecule has 10 heteroatoms. The molecule has 0 aromatic carbocycles. The number of aromatic nitrogens is 3. The Morgan fingerprint density at radius 2 is 2.21 bits per heavy atom. The van der Waals surface area contributed by atoms with Crippen molar-refractivity contribution in [3.8, 4) is 0 Å². The number of nitrogens with zero attached hydrogens (tertiary/aromatic N) is 4. The van der Waals surface area contributed by atoms with E-state index in [0.717, 1.165) is 10.5 Å². The Bertz CT molecular complexity index is 746. The zero-order chi connectivity index (χ0) is 17.3. The third-order valence-electron chi connectivity index (χ3n) is 3.76. The van der Waals surface area contributed by atoms with E-state index < -0.39 is 24.7 Å². The van der Waals surface area contributed by atoms with Gasteiger partial charge in [0.1, 0.15) is 5.56 Å². The van der Waals surface area contributed by atoms with E-state index in [9.17, 15) is 18.0 Å². The van der Waals surface area contributed by atoms with Crippen LogP contribution in [0.1, 0.15) is 15.9 Å². The van der Waals surface area contributed by atoms with Gasteiger partial charge in [-0.1, -0.05) is 0 Å². The van der Waals surface area contributed by atoms with Gasteiger partial charge in [0.05, 0.1) is 19.3 Å². The van der Waals surface area contributed by atoms with Crippen LogP contribution in [0.15, 0.2) is 18.6 Å². The molecule has 3 rings (SSSR count). The molecule has 2 aromatic heterocycles. The molecule has 1 amide bonds. The molecule has 1 saturated heterocycles. The van der Waals surface area contributed by atoms with Crippen LogP contribution in [-0.2, 0) is 11.2 Å². The molecule has 0 saturated carbocycles. The Balaban J connectivity index is 1.83. The number of aliphatic hydroxyl groups excluding tert-OH is 1. The molecular weight excluding hydrogens is 329 g/mol. The maximum atomic E-state index is 12.8. The summed E-state index contributed by atoms with van der Waals surface area (Å²) in [6.45, 7) is -0.705. The fourth-order valence-electron chi connectivity index (χ4n) is 2.52. The van der Waals surface area contributed by atoms with E-state index in [1.165, 1.54) is 16.9 Å². The van der Waals surface area contributed by atoms with Crippen LogP contribution in [-0.4, -0.2) is 69.1 Å². The quantitative estimate of drug-likeness (QED) is 0.885. The van der Waals surface area contributed by atoms with Crippen molar-refractivity contribution in [2.24, 2.45) is 0 Å². The van der Waals surface area contributed by atoms with Crippen molar-refractivity contribution in [2.75, 3.05) is 26.3 Å². The molecule has 1 aliphatic heterocycles. The Labute approximate surface area is 134 Å². The zero-order valence-corrected chi connectivity index (χ0v) is 12.5. The largest absolute Gasteiger partial charge is 0.416 e. The van der Waals surface area contributed by atoms with Gasteiger partial charge in [0.15, 0.2) is 11.8 Å². The summed E-state index contributed by atoms with van der Waals surface area (Å²) in [6, 6.07) is 0. The number of morpholine rings is 1. The molecule has 1 atom stereocenters. The second kappa shape index (κ2) is 6.36. The monoisotopic (exact) mass is 344 g/mol. The minimum Gasteiger partial charge on any atom is -0.396 e. The van der Waals surface area contributed by atoms with E-state index in [1.807, 2.05) is 0 Å². The highest BCUT2D eigenvalue weighted by molar-refractivity contribution is 5.99. The van der Waals surface area contributed by atoms with Crippen LogP contribution in [0.5, 0.6) is 0 Å². The second-order valence-corrected chi connectivity index (χ2v) is 5.41. The van der Waals surface area contributed by atoms with Crippen molar-refractivity contribution in [3.05, 3.63) is 29.7 Å². The van der Waals surface area contributed by atoms with Crippen LogP contribution in [0.3, 0.4) is 0 Å². The number of ether oxygens (including phenoxy) is 1. The maximum Gasteiger partial charge on any atom is 0.416 e. The van der Waals surface area contributed by atoms with E-state index in [4.69, 9.17) is 9.84 Å². The molecule has 2 aromatic rings. The predicted octanol–water partition coefficient (Wildman–Crippen LogP) is 0.667. The van der Waals surface area contributed by atoms with Gasteiger partial charge in [-0.15, -0.1) is 0 Å². The Hall–Kier alpha value is -2.20. The first kappa shape index (κ1) is 16.7. The summed E-state index contributed by atoms with van der Waals surface area (Å²) in [5.41, 5.74) is 1.13. The molecule has 0 aliphatic carbocycles. The molecule has 0 radical (unpaired) electrons. The van der Waals surface area contributed by atoms with Crippen LogP contribution >= 0.6 is 0 Å². The minimum atomic E-state index is -4.52. The number of amides is 1. The third-order valence-corrected chi connectivity index (χ3v) is 3.76. The molecule has 0 spiro atoms. The van der Waals surface area contributed by atoms with Gasteiger partial charge in [0.2, 0.25) is 0 Å². The average Bonchev–Trinajstić information content (AvgIpc) is 2.97. The molecule has 1 fully saturated rings. The van der Waals surface area contributed by atoms with Gasteiger partial charge in [-0.05, 0) is 12.0 Å². The van der Waals surface area contributed by atoms with Crippen LogP contribution in [0.2, 0.25) is 0 Å². The summed E-state index contributed by atoms with van der Waals surface area (Å²) in [7, 11) is 0. The molecule has 0 unspecified atom stereocenters. The Morgan fingerprint density at radius 1 is 1.42 bits per heavy atom. The molecule has 1 aliphatic rings. The SMILES string of the molecule is O=C(c1cnn2cc(CCO)cnc12)N1CCO[C@@H](C(F)(F)F)C1. The third kappa shape index (κ3) is 3.20. The lowest BCUT2D eigenvalue weighted by molar-refractivity contribution is -0.233. The van der Waals surface area contributed by atoms with Crippen molar-refractivity contribution in [3.63, 3.8) is 0 Å². The lowest BCUT2D eigenvalue weighted by Crippen LogP contribution is -2.51. The van der Waals surface area contributed by atoms with E-state index in [1.54, 1.807) is 6.20 Å². The maximum absolute atomic E-state index is 12.8. The minimum absolute atomic E-state index is 0.0488. The fraction of sp³-hybridized carbons (Fsp3) is 0.500. The lowest BCUT2D eigenvalue weighted by Gasteiger charge is -2.33.